The molecule has 0 aliphatic carbocycles. The highest BCUT2D eigenvalue weighted by Gasteiger charge is 2.25. The van der Waals surface area contributed by atoms with Gasteiger partial charge in [-0.2, -0.15) is 4.39 Å². The van der Waals surface area contributed by atoms with Crippen LogP contribution in [0.1, 0.15) is 5.56 Å². The molecule has 1 aliphatic heterocycles. The third kappa shape index (κ3) is 1.70. The van der Waals surface area contributed by atoms with Gasteiger partial charge in [0.2, 0.25) is 5.82 Å². The first-order valence-electron chi connectivity index (χ1n) is 4.35. The molecule has 1 aromatic rings. The van der Waals surface area contributed by atoms with Crippen molar-refractivity contribution in [1.29, 1.82) is 0 Å². The fourth-order valence-electron chi connectivity index (χ4n) is 1.38. The number of epoxide rings is 1. The van der Waals surface area contributed by atoms with Gasteiger partial charge in [-0.05, 0) is 6.07 Å². The number of methoxy groups -OCH3 is 1. The van der Waals surface area contributed by atoms with E-state index < -0.39 is 11.6 Å². The zero-order valence-electron chi connectivity index (χ0n) is 7.72. The Kier molecular flexibility index (Phi) is 2.37. The van der Waals surface area contributed by atoms with Gasteiger partial charge in [-0.25, -0.2) is 4.39 Å². The lowest BCUT2D eigenvalue weighted by molar-refractivity contribution is 0.360. The maximum atomic E-state index is 13.2. The summed E-state index contributed by atoms with van der Waals surface area (Å²) in [6, 6.07) is 2.63. The monoisotopic (exact) mass is 200 g/mol. The van der Waals surface area contributed by atoms with Crippen LogP contribution in [0.25, 0.3) is 0 Å². The van der Waals surface area contributed by atoms with Crippen molar-refractivity contribution in [2.24, 2.45) is 0 Å². The smallest absolute Gasteiger partial charge is 0.200 e. The number of hydrogen-bond donors (Lipinski definition) is 0. The Balaban J connectivity index is 2.32. The van der Waals surface area contributed by atoms with Crippen LogP contribution in [0.15, 0.2) is 12.1 Å². The number of hydrogen-bond acceptors (Lipinski definition) is 2. The van der Waals surface area contributed by atoms with E-state index in [1.54, 1.807) is 0 Å². The maximum absolute atomic E-state index is 13.2. The van der Waals surface area contributed by atoms with Gasteiger partial charge in [0.05, 0.1) is 19.8 Å². The predicted octanol–water partition coefficient (Wildman–Crippen LogP) is 1.91. The predicted molar refractivity (Wildman–Crippen MR) is 46.4 cm³/mol. The molecule has 2 rings (SSSR count). The lowest BCUT2D eigenvalue weighted by Crippen LogP contribution is -2.01. The number of ether oxygens (including phenoxy) is 2. The second kappa shape index (κ2) is 3.53. The summed E-state index contributed by atoms with van der Waals surface area (Å²) >= 11 is 0. The van der Waals surface area contributed by atoms with E-state index in [2.05, 4.69) is 0 Å². The van der Waals surface area contributed by atoms with Crippen molar-refractivity contribution in [3.63, 3.8) is 0 Å². The lowest BCUT2D eigenvalue weighted by Gasteiger charge is -2.08. The van der Waals surface area contributed by atoms with Gasteiger partial charge >= 0.3 is 0 Å². The third-order valence-corrected chi connectivity index (χ3v) is 2.19. The average molecular weight is 200 g/mol. The minimum absolute atomic E-state index is 0.0134. The van der Waals surface area contributed by atoms with E-state index in [1.807, 2.05) is 0 Å². The molecule has 0 bridgehead atoms. The van der Waals surface area contributed by atoms with Gasteiger partial charge in [0, 0.05) is 12.0 Å². The summed E-state index contributed by atoms with van der Waals surface area (Å²) in [6.07, 6.45) is 0.703. The van der Waals surface area contributed by atoms with E-state index in [0.29, 0.717) is 18.6 Å². The highest BCUT2D eigenvalue weighted by atomic mass is 19.2. The van der Waals surface area contributed by atoms with Crippen molar-refractivity contribution in [3.05, 3.63) is 29.3 Å². The largest absolute Gasteiger partial charge is 0.493 e. The summed E-state index contributed by atoms with van der Waals surface area (Å²) in [4.78, 5) is 0. The van der Waals surface area contributed by atoms with Gasteiger partial charge in [-0.3, -0.25) is 0 Å². The Bertz CT molecular complexity index is 348. The molecular weight excluding hydrogens is 190 g/mol. The number of benzene rings is 1. The van der Waals surface area contributed by atoms with Crippen LogP contribution >= 0.6 is 0 Å². The van der Waals surface area contributed by atoms with E-state index in [4.69, 9.17) is 9.47 Å². The van der Waals surface area contributed by atoms with Gasteiger partial charge in [0.1, 0.15) is 0 Å². The summed E-state index contributed by atoms with van der Waals surface area (Å²) in [5.41, 5.74) is 0.647. The third-order valence-electron chi connectivity index (χ3n) is 2.19. The van der Waals surface area contributed by atoms with E-state index in [9.17, 15) is 8.78 Å². The number of halogens is 2. The average Bonchev–Trinajstić information content (AvgIpc) is 2.96. The first kappa shape index (κ1) is 9.40. The van der Waals surface area contributed by atoms with Gasteiger partial charge < -0.3 is 9.47 Å². The molecule has 0 amide bonds. The Morgan fingerprint density at radius 1 is 1.50 bits per heavy atom. The van der Waals surface area contributed by atoms with Crippen LogP contribution in [0.4, 0.5) is 8.78 Å². The molecule has 0 saturated carbocycles. The van der Waals surface area contributed by atoms with Crippen molar-refractivity contribution in [3.8, 4) is 5.75 Å². The van der Waals surface area contributed by atoms with Crippen LogP contribution in [0.3, 0.4) is 0 Å². The van der Waals surface area contributed by atoms with Crippen LogP contribution < -0.4 is 4.74 Å². The molecule has 0 aromatic heterocycles. The maximum Gasteiger partial charge on any atom is 0.200 e. The van der Waals surface area contributed by atoms with E-state index in [0.717, 1.165) is 6.07 Å². The quantitative estimate of drug-likeness (QED) is 0.695. The molecule has 1 unspecified atom stereocenters. The molecule has 4 heteroatoms. The van der Waals surface area contributed by atoms with E-state index >= 15 is 0 Å². The standard InChI is InChI=1S/C10H10F2O2/c1-13-10-6(4-7-5-14-7)2-3-8(11)9(10)12/h2-3,7H,4-5H2,1H3. The summed E-state index contributed by atoms with van der Waals surface area (Å²) in [5.74, 6) is -1.83. The molecule has 0 N–H and O–H groups in total. The zero-order chi connectivity index (χ0) is 10.1. The van der Waals surface area contributed by atoms with Crippen LogP contribution in [0, 0.1) is 11.6 Å². The van der Waals surface area contributed by atoms with Crippen molar-refractivity contribution in [1.82, 2.24) is 0 Å². The molecule has 14 heavy (non-hydrogen) atoms. The Labute approximate surface area is 80.4 Å². The van der Waals surface area contributed by atoms with Crippen molar-refractivity contribution >= 4 is 0 Å². The highest BCUT2D eigenvalue weighted by Crippen LogP contribution is 2.28. The SMILES string of the molecule is COc1c(CC2CO2)ccc(F)c1F. The first-order valence-corrected chi connectivity index (χ1v) is 4.35. The molecular formula is C10H10F2O2. The van der Waals surface area contributed by atoms with Crippen molar-refractivity contribution in [2.45, 2.75) is 12.5 Å². The minimum Gasteiger partial charge on any atom is -0.493 e. The van der Waals surface area contributed by atoms with Gasteiger partial charge in [-0.1, -0.05) is 6.07 Å². The van der Waals surface area contributed by atoms with Crippen molar-refractivity contribution in [2.75, 3.05) is 13.7 Å². The summed E-state index contributed by atoms with van der Waals surface area (Å²) < 4.78 is 35.8. The molecule has 0 radical (unpaired) electrons. The minimum atomic E-state index is -0.925. The van der Waals surface area contributed by atoms with Crippen LogP contribution in [0.2, 0.25) is 0 Å². The van der Waals surface area contributed by atoms with Crippen LogP contribution in [-0.4, -0.2) is 19.8 Å². The topological polar surface area (TPSA) is 21.8 Å². The summed E-state index contributed by atoms with van der Waals surface area (Å²) in [7, 11) is 1.33. The van der Waals surface area contributed by atoms with Crippen LogP contribution in [0.5, 0.6) is 5.75 Å². The fourth-order valence-corrected chi connectivity index (χ4v) is 1.38. The molecule has 76 valence electrons. The van der Waals surface area contributed by atoms with Gasteiger partial charge in [-0.15, -0.1) is 0 Å². The molecule has 1 saturated heterocycles. The first-order chi connectivity index (χ1) is 6.72. The molecule has 2 nitrogen and oxygen atoms in total. The Morgan fingerprint density at radius 2 is 2.21 bits per heavy atom. The molecule has 1 heterocycles. The Morgan fingerprint density at radius 3 is 2.79 bits per heavy atom. The van der Waals surface area contributed by atoms with Gasteiger partial charge in [0.15, 0.2) is 11.6 Å². The molecule has 1 aliphatic rings. The molecule has 1 atom stereocenters. The van der Waals surface area contributed by atoms with E-state index in [1.165, 1.54) is 13.2 Å². The Hall–Kier alpha value is -1.16. The summed E-state index contributed by atoms with van der Waals surface area (Å²) in [6.45, 7) is 0.683. The zero-order valence-corrected chi connectivity index (χ0v) is 7.72. The highest BCUT2D eigenvalue weighted by molar-refractivity contribution is 5.36. The van der Waals surface area contributed by atoms with Crippen LogP contribution in [-0.2, 0) is 11.2 Å². The van der Waals surface area contributed by atoms with E-state index in [-0.39, 0.29) is 11.9 Å². The van der Waals surface area contributed by atoms with Crippen molar-refractivity contribution < 1.29 is 18.3 Å². The lowest BCUT2D eigenvalue weighted by atomic mass is 10.1. The van der Waals surface area contributed by atoms with Gasteiger partial charge in [0.25, 0.3) is 0 Å². The second-order valence-corrected chi connectivity index (χ2v) is 3.21. The second-order valence-electron chi connectivity index (χ2n) is 3.21. The molecule has 0 spiro atoms. The molecule has 1 aromatic carbocycles. The summed E-state index contributed by atoms with van der Waals surface area (Å²) in [5, 5.41) is 0. The molecule has 1 fully saturated rings. The normalized spacial score (nSPS) is 19.5. The number of rotatable bonds is 3. The fraction of sp³-hybridized carbons (Fsp3) is 0.400.